The summed E-state index contributed by atoms with van der Waals surface area (Å²) in [6, 6.07) is 0. The van der Waals surface area contributed by atoms with Crippen LogP contribution in [0.2, 0.25) is 0 Å². The molecule has 0 fully saturated rings. The number of rotatable bonds is 7. The molecule has 0 radical (unpaired) electrons. The second kappa shape index (κ2) is 8.11. The second-order valence-corrected chi connectivity index (χ2v) is 2.90. The summed E-state index contributed by atoms with van der Waals surface area (Å²) in [5.74, 6) is 1.49. The molecule has 1 amide bonds. The van der Waals surface area contributed by atoms with Crippen LogP contribution in [0.4, 0.5) is 0 Å². The third kappa shape index (κ3) is 8.60. The van der Waals surface area contributed by atoms with Gasteiger partial charge in [0.05, 0.1) is 0 Å². The van der Waals surface area contributed by atoms with Gasteiger partial charge in [-0.25, -0.2) is 0 Å². The zero-order valence-electron chi connectivity index (χ0n) is 8.08. The number of hydrogen-bond acceptors (Lipinski definition) is 2. The summed E-state index contributed by atoms with van der Waals surface area (Å²) in [4.78, 5) is 21.2. The van der Waals surface area contributed by atoms with Gasteiger partial charge in [0.2, 0.25) is 5.91 Å². The Bertz CT molecular complexity index is 230. The van der Waals surface area contributed by atoms with Gasteiger partial charge in [-0.15, -0.1) is 12.3 Å². The Kier molecular flexibility index (Phi) is 7.24. The molecule has 0 aliphatic carbocycles. The van der Waals surface area contributed by atoms with Gasteiger partial charge in [-0.1, -0.05) is 0 Å². The van der Waals surface area contributed by atoms with Crippen molar-refractivity contribution in [1.29, 1.82) is 0 Å². The van der Waals surface area contributed by atoms with E-state index in [-0.39, 0.29) is 18.7 Å². The van der Waals surface area contributed by atoms with Crippen molar-refractivity contribution in [2.75, 3.05) is 6.54 Å². The molecule has 4 heteroatoms. The van der Waals surface area contributed by atoms with Gasteiger partial charge >= 0.3 is 5.97 Å². The monoisotopic (exact) mass is 197 g/mol. The fourth-order valence-electron chi connectivity index (χ4n) is 0.907. The lowest BCUT2D eigenvalue weighted by molar-refractivity contribution is -0.137. The highest BCUT2D eigenvalue weighted by Crippen LogP contribution is 1.95. The molecule has 0 unspecified atom stereocenters. The zero-order valence-corrected chi connectivity index (χ0v) is 8.08. The Morgan fingerprint density at radius 3 is 2.57 bits per heavy atom. The molecule has 0 heterocycles. The smallest absolute Gasteiger partial charge is 0.303 e. The van der Waals surface area contributed by atoms with E-state index in [4.69, 9.17) is 11.5 Å². The summed E-state index contributed by atoms with van der Waals surface area (Å²) < 4.78 is 0. The van der Waals surface area contributed by atoms with Crippen molar-refractivity contribution in [3.63, 3.8) is 0 Å². The molecule has 0 atom stereocenters. The van der Waals surface area contributed by atoms with E-state index in [1.165, 1.54) is 0 Å². The maximum absolute atomic E-state index is 11.0. The topological polar surface area (TPSA) is 66.4 Å². The molecule has 0 aromatic rings. The van der Waals surface area contributed by atoms with E-state index >= 15 is 0 Å². The molecular weight excluding hydrogens is 182 g/mol. The molecule has 0 saturated carbocycles. The first-order valence-electron chi connectivity index (χ1n) is 4.58. The summed E-state index contributed by atoms with van der Waals surface area (Å²) in [7, 11) is 0. The van der Waals surface area contributed by atoms with Crippen LogP contribution in [0.5, 0.6) is 0 Å². The van der Waals surface area contributed by atoms with Gasteiger partial charge < -0.3 is 10.4 Å². The standard InChI is InChI=1S/C10H15NO3/c1-2-3-4-8-11-9(12)6-5-7-10(13)14/h1H,3-8H2,(H,11,12)(H,13,14). The molecular formula is C10H15NO3. The number of carbonyl (C=O) groups excluding carboxylic acids is 1. The van der Waals surface area contributed by atoms with Gasteiger partial charge in [-0.3, -0.25) is 9.59 Å². The molecule has 0 spiro atoms. The Hall–Kier alpha value is -1.50. The number of carbonyl (C=O) groups is 2. The number of hydrogen-bond donors (Lipinski definition) is 2. The van der Waals surface area contributed by atoms with Crippen LogP contribution in [0.15, 0.2) is 0 Å². The van der Waals surface area contributed by atoms with E-state index in [1.54, 1.807) is 0 Å². The molecule has 2 N–H and O–H groups in total. The summed E-state index contributed by atoms with van der Waals surface area (Å²) >= 11 is 0. The van der Waals surface area contributed by atoms with Crippen LogP contribution >= 0.6 is 0 Å². The fraction of sp³-hybridized carbons (Fsp3) is 0.600. The van der Waals surface area contributed by atoms with E-state index in [9.17, 15) is 9.59 Å². The molecule has 0 aromatic heterocycles. The highest BCUT2D eigenvalue weighted by atomic mass is 16.4. The van der Waals surface area contributed by atoms with Crippen LogP contribution in [-0.2, 0) is 9.59 Å². The fourth-order valence-corrected chi connectivity index (χ4v) is 0.907. The minimum absolute atomic E-state index is 0.0395. The Morgan fingerprint density at radius 1 is 1.29 bits per heavy atom. The van der Waals surface area contributed by atoms with E-state index in [2.05, 4.69) is 11.2 Å². The number of carboxylic acid groups (broad SMARTS) is 1. The molecule has 0 aliphatic heterocycles. The minimum Gasteiger partial charge on any atom is -0.481 e. The zero-order chi connectivity index (χ0) is 10.8. The maximum Gasteiger partial charge on any atom is 0.303 e. The average Bonchev–Trinajstić information content (AvgIpc) is 2.12. The minimum atomic E-state index is -0.870. The van der Waals surface area contributed by atoms with Crippen molar-refractivity contribution in [1.82, 2.24) is 5.32 Å². The van der Waals surface area contributed by atoms with Crippen LogP contribution in [0.3, 0.4) is 0 Å². The summed E-state index contributed by atoms with van der Waals surface area (Å²) in [6.07, 6.45) is 7.14. The van der Waals surface area contributed by atoms with Crippen molar-refractivity contribution in [3.8, 4) is 12.3 Å². The predicted octanol–water partition coefficient (Wildman–Crippen LogP) is 0.771. The lowest BCUT2D eigenvalue weighted by Crippen LogP contribution is -2.24. The summed E-state index contributed by atoms with van der Waals surface area (Å²) in [5.41, 5.74) is 0. The van der Waals surface area contributed by atoms with Crippen LogP contribution < -0.4 is 5.32 Å². The lowest BCUT2D eigenvalue weighted by atomic mass is 10.2. The number of aliphatic carboxylic acids is 1. The van der Waals surface area contributed by atoms with E-state index in [0.29, 0.717) is 19.4 Å². The Labute approximate surface area is 83.7 Å². The first-order valence-corrected chi connectivity index (χ1v) is 4.58. The SMILES string of the molecule is C#CCCCNC(=O)CCCC(=O)O. The molecule has 78 valence electrons. The van der Waals surface area contributed by atoms with Crippen molar-refractivity contribution >= 4 is 11.9 Å². The Balaban J connectivity index is 3.29. The van der Waals surface area contributed by atoms with Gasteiger partial charge in [0.25, 0.3) is 0 Å². The van der Waals surface area contributed by atoms with Crippen LogP contribution in [-0.4, -0.2) is 23.5 Å². The molecule has 0 aromatic carbocycles. The van der Waals surface area contributed by atoms with Gasteiger partial charge in [-0.05, 0) is 12.8 Å². The quantitative estimate of drug-likeness (QED) is 0.468. The third-order valence-corrected chi connectivity index (χ3v) is 1.61. The van der Waals surface area contributed by atoms with Crippen molar-refractivity contribution in [2.24, 2.45) is 0 Å². The molecule has 0 bridgehead atoms. The first-order chi connectivity index (χ1) is 6.66. The number of unbranched alkanes of at least 4 members (excludes halogenated alkanes) is 1. The number of amides is 1. The molecule has 0 aliphatic rings. The maximum atomic E-state index is 11.0. The van der Waals surface area contributed by atoms with Crippen LogP contribution in [0.1, 0.15) is 32.1 Å². The predicted molar refractivity (Wildman–Crippen MR) is 52.6 cm³/mol. The largest absolute Gasteiger partial charge is 0.481 e. The average molecular weight is 197 g/mol. The van der Waals surface area contributed by atoms with Crippen LogP contribution in [0, 0.1) is 12.3 Å². The van der Waals surface area contributed by atoms with E-state index in [0.717, 1.165) is 6.42 Å². The summed E-state index contributed by atoms with van der Waals surface area (Å²) in [5, 5.41) is 11.0. The lowest BCUT2D eigenvalue weighted by Gasteiger charge is -2.02. The number of nitrogens with one attached hydrogen (secondary N) is 1. The first kappa shape index (κ1) is 12.5. The van der Waals surface area contributed by atoms with Crippen LogP contribution in [0.25, 0.3) is 0 Å². The van der Waals surface area contributed by atoms with Crippen molar-refractivity contribution in [2.45, 2.75) is 32.1 Å². The molecule has 0 saturated heterocycles. The van der Waals surface area contributed by atoms with E-state index in [1.807, 2.05) is 0 Å². The van der Waals surface area contributed by atoms with Gasteiger partial charge in [-0.2, -0.15) is 0 Å². The third-order valence-electron chi connectivity index (χ3n) is 1.61. The Morgan fingerprint density at radius 2 is 2.00 bits per heavy atom. The van der Waals surface area contributed by atoms with Gasteiger partial charge in [0.15, 0.2) is 0 Å². The number of carboxylic acids is 1. The molecule has 14 heavy (non-hydrogen) atoms. The summed E-state index contributed by atoms with van der Waals surface area (Å²) in [6.45, 7) is 0.566. The van der Waals surface area contributed by atoms with Gasteiger partial charge in [0.1, 0.15) is 0 Å². The van der Waals surface area contributed by atoms with Crippen molar-refractivity contribution in [3.05, 3.63) is 0 Å². The van der Waals surface area contributed by atoms with Gasteiger partial charge in [0, 0.05) is 25.8 Å². The normalized spacial score (nSPS) is 9.07. The molecule has 0 rings (SSSR count). The van der Waals surface area contributed by atoms with E-state index < -0.39 is 5.97 Å². The second-order valence-electron chi connectivity index (χ2n) is 2.90. The number of terminal acetylenes is 1. The molecule has 4 nitrogen and oxygen atoms in total. The van der Waals surface area contributed by atoms with Crippen molar-refractivity contribution < 1.29 is 14.7 Å². The highest BCUT2D eigenvalue weighted by Gasteiger charge is 2.02. The highest BCUT2D eigenvalue weighted by molar-refractivity contribution is 5.76.